The summed E-state index contributed by atoms with van der Waals surface area (Å²) >= 11 is 0. The Morgan fingerprint density at radius 3 is 2.00 bits per heavy atom. The van der Waals surface area contributed by atoms with Crippen LogP contribution in [0.1, 0.15) is 31.9 Å². The molecule has 5 heteroatoms. The molecule has 0 saturated heterocycles. The van der Waals surface area contributed by atoms with E-state index in [0.717, 1.165) is 16.8 Å². The summed E-state index contributed by atoms with van der Waals surface area (Å²) < 4.78 is 5.42. The van der Waals surface area contributed by atoms with E-state index in [4.69, 9.17) is 9.73 Å². The molecule has 3 rings (SSSR count). The first kappa shape index (κ1) is 20.3. The molecule has 0 saturated carbocycles. The van der Waals surface area contributed by atoms with E-state index in [1.807, 2.05) is 87.5 Å². The van der Waals surface area contributed by atoms with Gasteiger partial charge in [-0.3, -0.25) is 4.90 Å². The number of hydrogen-bond donors (Lipinski definition) is 0. The van der Waals surface area contributed by atoms with Crippen LogP contribution in [0.15, 0.2) is 84.0 Å². The topological polar surface area (TPSA) is 54.8 Å². The van der Waals surface area contributed by atoms with E-state index in [9.17, 15) is 4.79 Å². The number of pyridine rings is 1. The minimum absolute atomic E-state index is 0.461. The highest BCUT2D eigenvalue weighted by Crippen LogP contribution is 2.23. The molecule has 148 valence electrons. The highest BCUT2D eigenvalue weighted by molar-refractivity contribution is 6.14. The zero-order chi connectivity index (χ0) is 20.9. The molecular weight excluding hydrogens is 362 g/mol. The van der Waals surface area contributed by atoms with Crippen molar-refractivity contribution >= 4 is 23.3 Å². The largest absolute Gasteiger partial charge is 0.443 e. The van der Waals surface area contributed by atoms with Gasteiger partial charge in [-0.15, -0.1) is 0 Å². The second-order valence-electron chi connectivity index (χ2n) is 7.60. The van der Waals surface area contributed by atoms with Gasteiger partial charge in [-0.25, -0.2) is 14.8 Å². The number of amides is 1. The smallest absolute Gasteiger partial charge is 0.415 e. The maximum absolute atomic E-state index is 12.4. The molecule has 1 aromatic heterocycles. The first-order valence-electron chi connectivity index (χ1n) is 9.46. The first-order valence-corrected chi connectivity index (χ1v) is 9.46. The molecule has 0 fully saturated rings. The van der Waals surface area contributed by atoms with Crippen molar-refractivity contribution in [1.82, 2.24) is 4.98 Å². The molecule has 1 amide bonds. The third-order valence-electron chi connectivity index (χ3n) is 4.08. The van der Waals surface area contributed by atoms with Crippen LogP contribution in [0.3, 0.4) is 0 Å². The van der Waals surface area contributed by atoms with Gasteiger partial charge in [0.15, 0.2) is 0 Å². The van der Waals surface area contributed by atoms with Crippen molar-refractivity contribution in [3.05, 3.63) is 90.1 Å². The fraction of sp³-hybridized carbons (Fsp3) is 0.208. The molecule has 0 aliphatic carbocycles. The van der Waals surface area contributed by atoms with Crippen molar-refractivity contribution in [3.63, 3.8) is 0 Å². The molecule has 3 aromatic rings. The van der Waals surface area contributed by atoms with Gasteiger partial charge in [0.05, 0.1) is 11.4 Å². The summed E-state index contributed by atoms with van der Waals surface area (Å²) in [4.78, 5) is 22.9. The van der Waals surface area contributed by atoms with Crippen molar-refractivity contribution in [3.8, 4) is 0 Å². The molecule has 0 radical (unpaired) electrons. The number of carbonyl (C=O) groups excluding carboxylic acids is 1. The Morgan fingerprint density at radius 2 is 1.48 bits per heavy atom. The molecule has 0 bridgehead atoms. The highest BCUT2D eigenvalue weighted by Gasteiger charge is 2.21. The van der Waals surface area contributed by atoms with Crippen LogP contribution in [0.4, 0.5) is 16.3 Å². The van der Waals surface area contributed by atoms with E-state index in [2.05, 4.69) is 4.98 Å². The molecule has 0 unspecified atom stereocenters. The van der Waals surface area contributed by atoms with Crippen LogP contribution < -0.4 is 4.90 Å². The Hall–Kier alpha value is -3.47. The quantitative estimate of drug-likeness (QED) is 0.546. The van der Waals surface area contributed by atoms with Crippen molar-refractivity contribution in [1.29, 1.82) is 0 Å². The fourth-order valence-electron chi connectivity index (χ4n) is 2.70. The van der Waals surface area contributed by atoms with E-state index in [1.54, 1.807) is 19.3 Å². The lowest BCUT2D eigenvalue weighted by Crippen LogP contribution is -2.34. The van der Waals surface area contributed by atoms with Crippen LogP contribution in [0.5, 0.6) is 0 Å². The number of hydrogen-bond acceptors (Lipinski definition) is 4. The van der Waals surface area contributed by atoms with Gasteiger partial charge in [-0.2, -0.15) is 0 Å². The van der Waals surface area contributed by atoms with Gasteiger partial charge in [0.25, 0.3) is 0 Å². The van der Waals surface area contributed by atoms with Crippen LogP contribution >= 0.6 is 0 Å². The number of rotatable bonds is 4. The third kappa shape index (κ3) is 5.51. The van der Waals surface area contributed by atoms with Crippen molar-refractivity contribution in [2.45, 2.75) is 26.4 Å². The molecule has 0 atom stereocenters. The van der Waals surface area contributed by atoms with Crippen LogP contribution in [0, 0.1) is 0 Å². The number of aromatic nitrogens is 1. The summed E-state index contributed by atoms with van der Waals surface area (Å²) in [6, 6.07) is 23.6. The second-order valence-corrected chi connectivity index (χ2v) is 7.60. The second kappa shape index (κ2) is 8.69. The van der Waals surface area contributed by atoms with Gasteiger partial charge in [0, 0.05) is 30.4 Å². The maximum atomic E-state index is 12.4. The monoisotopic (exact) mass is 387 g/mol. The standard InChI is InChI=1S/C24H25N3O2/c1-24(2,3)29-23(28)27(4)21-17-20(15-16-25-21)26-22(18-11-7-5-8-12-18)19-13-9-6-10-14-19/h5-17H,1-4H3. The number of ether oxygens (including phenoxy) is 1. The molecule has 1 heterocycles. The van der Waals surface area contributed by atoms with E-state index in [1.165, 1.54) is 4.90 Å². The van der Waals surface area contributed by atoms with E-state index in [-0.39, 0.29) is 0 Å². The molecule has 0 spiro atoms. The van der Waals surface area contributed by atoms with Gasteiger partial charge in [0.2, 0.25) is 0 Å². The van der Waals surface area contributed by atoms with Gasteiger partial charge < -0.3 is 4.74 Å². The first-order chi connectivity index (χ1) is 13.8. The SMILES string of the molecule is CN(C(=O)OC(C)(C)C)c1cc(N=C(c2ccccc2)c2ccccc2)ccn1. The Bertz CT molecular complexity index is 952. The van der Waals surface area contributed by atoms with Crippen molar-refractivity contribution < 1.29 is 9.53 Å². The van der Waals surface area contributed by atoms with Gasteiger partial charge in [-0.05, 0) is 26.8 Å². The lowest BCUT2D eigenvalue weighted by Gasteiger charge is -2.24. The summed E-state index contributed by atoms with van der Waals surface area (Å²) in [5, 5.41) is 0. The maximum Gasteiger partial charge on any atom is 0.415 e. The number of carbonyl (C=O) groups is 1. The Balaban J connectivity index is 1.97. The number of aliphatic imine (C=N–C) groups is 1. The average molecular weight is 387 g/mol. The number of nitrogens with zero attached hydrogens (tertiary/aromatic N) is 3. The normalized spacial score (nSPS) is 10.9. The molecule has 5 nitrogen and oxygen atoms in total. The molecule has 29 heavy (non-hydrogen) atoms. The van der Waals surface area contributed by atoms with Gasteiger partial charge >= 0.3 is 6.09 Å². The Labute approximate surface area is 171 Å². The molecule has 0 aliphatic heterocycles. The summed E-state index contributed by atoms with van der Waals surface area (Å²) in [6.07, 6.45) is 1.18. The van der Waals surface area contributed by atoms with Crippen LogP contribution in [-0.4, -0.2) is 29.4 Å². The predicted molar refractivity (Wildman–Crippen MR) is 117 cm³/mol. The van der Waals surface area contributed by atoms with Crippen LogP contribution in [-0.2, 0) is 4.74 Å². The van der Waals surface area contributed by atoms with Gasteiger partial charge in [0.1, 0.15) is 11.4 Å². The average Bonchev–Trinajstić information content (AvgIpc) is 2.72. The number of benzene rings is 2. The summed E-state index contributed by atoms with van der Waals surface area (Å²) in [5.74, 6) is 0.473. The lowest BCUT2D eigenvalue weighted by molar-refractivity contribution is 0.0588. The highest BCUT2D eigenvalue weighted by atomic mass is 16.6. The zero-order valence-corrected chi connectivity index (χ0v) is 17.2. The summed E-state index contributed by atoms with van der Waals surface area (Å²) in [5.41, 5.74) is 3.00. The van der Waals surface area contributed by atoms with Crippen LogP contribution in [0.25, 0.3) is 0 Å². The zero-order valence-electron chi connectivity index (χ0n) is 17.2. The molecular formula is C24H25N3O2. The minimum Gasteiger partial charge on any atom is -0.443 e. The van der Waals surface area contributed by atoms with Gasteiger partial charge in [-0.1, -0.05) is 60.7 Å². The Morgan fingerprint density at radius 1 is 0.931 bits per heavy atom. The van der Waals surface area contributed by atoms with Crippen molar-refractivity contribution in [2.24, 2.45) is 4.99 Å². The Kier molecular flexibility index (Phi) is 6.07. The fourth-order valence-corrected chi connectivity index (χ4v) is 2.70. The van der Waals surface area contributed by atoms with E-state index in [0.29, 0.717) is 11.5 Å². The van der Waals surface area contributed by atoms with E-state index >= 15 is 0 Å². The third-order valence-corrected chi connectivity index (χ3v) is 4.08. The summed E-state index contributed by atoms with van der Waals surface area (Å²) in [7, 11) is 1.64. The summed E-state index contributed by atoms with van der Waals surface area (Å²) in [6.45, 7) is 5.50. The predicted octanol–water partition coefficient (Wildman–Crippen LogP) is 5.62. The van der Waals surface area contributed by atoms with Crippen molar-refractivity contribution in [2.75, 3.05) is 11.9 Å². The lowest BCUT2D eigenvalue weighted by atomic mass is 10.0. The molecule has 2 aromatic carbocycles. The number of anilines is 1. The van der Waals surface area contributed by atoms with E-state index < -0.39 is 11.7 Å². The molecule has 0 N–H and O–H groups in total. The minimum atomic E-state index is -0.575. The molecule has 0 aliphatic rings. The van der Waals surface area contributed by atoms with Crippen LogP contribution in [0.2, 0.25) is 0 Å².